The number of aryl methyl sites for hydroxylation is 1. The summed E-state index contributed by atoms with van der Waals surface area (Å²) in [5.41, 5.74) is 0.167. The Morgan fingerprint density at radius 3 is 2.42 bits per heavy atom. The first-order valence-corrected chi connectivity index (χ1v) is 9.72. The van der Waals surface area contributed by atoms with E-state index in [1.807, 2.05) is 6.92 Å². The summed E-state index contributed by atoms with van der Waals surface area (Å²) in [5, 5.41) is 0. The van der Waals surface area contributed by atoms with E-state index >= 15 is 0 Å². The van der Waals surface area contributed by atoms with Gasteiger partial charge in [-0.05, 0) is 45.9 Å². The van der Waals surface area contributed by atoms with Gasteiger partial charge >= 0.3 is 12.2 Å². The minimum atomic E-state index is -3.71. The summed E-state index contributed by atoms with van der Waals surface area (Å²) in [6, 6.07) is 5.73. The van der Waals surface area contributed by atoms with Crippen molar-refractivity contribution < 1.29 is 27.5 Å². The summed E-state index contributed by atoms with van der Waals surface area (Å²) >= 11 is 0. The van der Waals surface area contributed by atoms with Gasteiger partial charge in [0.15, 0.2) is 0 Å². The van der Waals surface area contributed by atoms with Gasteiger partial charge in [0.1, 0.15) is 17.7 Å². The van der Waals surface area contributed by atoms with E-state index in [0.717, 1.165) is 10.5 Å². The maximum absolute atomic E-state index is 12.8. The van der Waals surface area contributed by atoms with E-state index in [1.165, 1.54) is 18.2 Å². The van der Waals surface area contributed by atoms with Gasteiger partial charge in [-0.15, -0.1) is 0 Å². The number of carbonyl (C=O) groups is 2. The fraction of sp³-hybridized carbons (Fsp3) is 0.444. The fourth-order valence-corrected chi connectivity index (χ4v) is 4.42. The molecule has 140 valence electrons. The minimum Gasteiger partial charge on any atom is -0.443 e. The molecule has 1 heterocycles. The predicted octanol–water partition coefficient (Wildman–Crippen LogP) is 3.18. The van der Waals surface area contributed by atoms with Gasteiger partial charge in [-0.1, -0.05) is 17.7 Å². The molecule has 1 aliphatic carbocycles. The van der Waals surface area contributed by atoms with Crippen LogP contribution in [0.3, 0.4) is 0 Å². The second-order valence-corrected chi connectivity index (χ2v) is 9.42. The molecule has 0 saturated carbocycles. The quantitative estimate of drug-likeness (QED) is 0.784. The molecule has 8 heteroatoms. The fourth-order valence-electron chi connectivity index (χ4n) is 2.92. The number of hydrogen-bond acceptors (Lipinski definition) is 6. The monoisotopic (exact) mass is 379 g/mol. The first kappa shape index (κ1) is 18.4. The van der Waals surface area contributed by atoms with Crippen molar-refractivity contribution >= 4 is 22.0 Å². The van der Waals surface area contributed by atoms with Crippen molar-refractivity contribution in [1.29, 1.82) is 0 Å². The maximum Gasteiger partial charge on any atom is 0.420 e. The van der Waals surface area contributed by atoms with Crippen LogP contribution in [0.25, 0.3) is 0 Å². The van der Waals surface area contributed by atoms with E-state index < -0.39 is 39.8 Å². The lowest BCUT2D eigenvalue weighted by Crippen LogP contribution is -2.42. The van der Waals surface area contributed by atoms with Crippen LogP contribution in [0.15, 0.2) is 40.1 Å². The van der Waals surface area contributed by atoms with Gasteiger partial charge in [-0.2, -0.15) is 0 Å². The molecule has 0 aromatic heterocycles. The summed E-state index contributed by atoms with van der Waals surface area (Å²) < 4.78 is 36.1. The second kappa shape index (κ2) is 6.12. The van der Waals surface area contributed by atoms with Crippen LogP contribution in [-0.2, 0) is 19.3 Å². The Balaban J connectivity index is 1.89. The number of imide groups is 1. The van der Waals surface area contributed by atoms with E-state index in [-0.39, 0.29) is 16.2 Å². The van der Waals surface area contributed by atoms with E-state index in [0.29, 0.717) is 0 Å². The number of fused-ring (bicyclic) bond motifs is 1. The third-order valence-electron chi connectivity index (χ3n) is 4.15. The highest BCUT2D eigenvalue weighted by Gasteiger charge is 2.50. The lowest BCUT2D eigenvalue weighted by atomic mass is 10.2. The van der Waals surface area contributed by atoms with Crippen LogP contribution in [0.5, 0.6) is 0 Å². The Kier molecular flexibility index (Phi) is 4.34. The standard InChI is InChI=1S/C18H21NO6S/c1-11-5-7-12(8-6-11)26(22,23)13-9-14-15(10-13)24-16(20)19(14)17(21)25-18(2,3)4/h5-9,14-15H,10H2,1-4H3/t14-,15+/m0/s1. The van der Waals surface area contributed by atoms with Crippen molar-refractivity contribution in [2.75, 3.05) is 0 Å². The number of carbonyl (C=O) groups excluding carboxylic acids is 2. The molecule has 2 aliphatic rings. The normalized spacial score (nSPS) is 22.7. The molecule has 0 bridgehead atoms. The van der Waals surface area contributed by atoms with E-state index in [2.05, 4.69) is 0 Å². The van der Waals surface area contributed by atoms with Crippen molar-refractivity contribution in [3.63, 3.8) is 0 Å². The summed E-state index contributed by atoms with van der Waals surface area (Å²) in [7, 11) is -3.71. The third-order valence-corrected chi connectivity index (χ3v) is 6.04. The lowest BCUT2D eigenvalue weighted by Gasteiger charge is -2.24. The van der Waals surface area contributed by atoms with Crippen LogP contribution in [0.1, 0.15) is 32.8 Å². The number of nitrogens with zero attached hydrogens (tertiary/aromatic N) is 1. The Hall–Kier alpha value is -2.35. The Morgan fingerprint density at radius 1 is 1.23 bits per heavy atom. The highest BCUT2D eigenvalue weighted by Crippen LogP contribution is 2.37. The van der Waals surface area contributed by atoms with Crippen LogP contribution in [-0.4, -0.2) is 43.3 Å². The lowest BCUT2D eigenvalue weighted by molar-refractivity contribution is 0.0312. The second-order valence-electron chi connectivity index (χ2n) is 7.42. The van der Waals surface area contributed by atoms with Crippen LogP contribution >= 0.6 is 0 Å². The molecule has 1 aromatic rings. The number of amides is 2. The average Bonchev–Trinajstić information content (AvgIpc) is 3.02. The van der Waals surface area contributed by atoms with Crippen LogP contribution in [0.4, 0.5) is 9.59 Å². The zero-order valence-corrected chi connectivity index (χ0v) is 15.9. The number of ether oxygens (including phenoxy) is 2. The molecule has 3 rings (SSSR count). The number of rotatable bonds is 2. The Bertz CT molecular complexity index is 879. The third kappa shape index (κ3) is 3.33. The summed E-state index contributed by atoms with van der Waals surface area (Å²) in [6.45, 7) is 6.92. The molecular formula is C18H21NO6S. The molecule has 0 spiro atoms. The summed E-state index contributed by atoms with van der Waals surface area (Å²) in [5.74, 6) is 0. The van der Waals surface area contributed by atoms with Crippen LogP contribution in [0, 0.1) is 6.92 Å². The molecule has 2 amide bonds. The van der Waals surface area contributed by atoms with Gasteiger partial charge in [0, 0.05) is 6.42 Å². The summed E-state index contributed by atoms with van der Waals surface area (Å²) in [6.07, 6.45) is -0.941. The Morgan fingerprint density at radius 2 is 1.85 bits per heavy atom. The molecular weight excluding hydrogens is 358 g/mol. The highest BCUT2D eigenvalue weighted by atomic mass is 32.2. The SMILES string of the molecule is Cc1ccc(S(=O)(=O)C2=C[C@H]3[C@@H](C2)OC(=O)N3C(=O)OC(C)(C)C)cc1. The molecule has 0 N–H and O–H groups in total. The topological polar surface area (TPSA) is 90.0 Å². The van der Waals surface area contributed by atoms with Crippen molar-refractivity contribution in [1.82, 2.24) is 4.90 Å². The van der Waals surface area contributed by atoms with Gasteiger partial charge < -0.3 is 9.47 Å². The zero-order chi connectivity index (χ0) is 19.3. The molecule has 1 aliphatic heterocycles. The molecule has 1 saturated heterocycles. The van der Waals surface area contributed by atoms with Gasteiger partial charge in [0.25, 0.3) is 0 Å². The molecule has 0 unspecified atom stereocenters. The Labute approximate surface area is 152 Å². The number of hydrogen-bond donors (Lipinski definition) is 0. The van der Waals surface area contributed by atoms with Gasteiger partial charge in [-0.3, -0.25) is 0 Å². The molecule has 26 heavy (non-hydrogen) atoms. The molecule has 1 fully saturated rings. The smallest absolute Gasteiger partial charge is 0.420 e. The van der Waals surface area contributed by atoms with E-state index in [4.69, 9.17) is 9.47 Å². The average molecular weight is 379 g/mol. The summed E-state index contributed by atoms with van der Waals surface area (Å²) in [4.78, 5) is 25.5. The molecule has 7 nitrogen and oxygen atoms in total. The van der Waals surface area contributed by atoms with Gasteiger partial charge in [0.2, 0.25) is 9.84 Å². The maximum atomic E-state index is 12.8. The molecule has 2 atom stereocenters. The van der Waals surface area contributed by atoms with Crippen molar-refractivity contribution in [2.45, 2.75) is 56.8 Å². The van der Waals surface area contributed by atoms with E-state index in [1.54, 1.807) is 32.9 Å². The first-order chi connectivity index (χ1) is 12.0. The van der Waals surface area contributed by atoms with Crippen molar-refractivity contribution in [3.05, 3.63) is 40.8 Å². The van der Waals surface area contributed by atoms with Crippen LogP contribution < -0.4 is 0 Å². The molecule has 1 aromatic carbocycles. The zero-order valence-electron chi connectivity index (χ0n) is 15.1. The van der Waals surface area contributed by atoms with Crippen molar-refractivity contribution in [2.24, 2.45) is 0 Å². The minimum absolute atomic E-state index is 0.0336. The van der Waals surface area contributed by atoms with E-state index in [9.17, 15) is 18.0 Å². The molecule has 0 radical (unpaired) electrons. The highest BCUT2D eigenvalue weighted by molar-refractivity contribution is 7.95. The van der Waals surface area contributed by atoms with Gasteiger partial charge in [-0.25, -0.2) is 22.9 Å². The predicted molar refractivity (Wildman–Crippen MR) is 93.2 cm³/mol. The number of benzene rings is 1. The first-order valence-electron chi connectivity index (χ1n) is 8.24. The van der Waals surface area contributed by atoms with Crippen molar-refractivity contribution in [3.8, 4) is 0 Å². The number of sulfone groups is 1. The van der Waals surface area contributed by atoms with Gasteiger partial charge in [0.05, 0.1) is 9.80 Å². The van der Waals surface area contributed by atoms with Crippen LogP contribution in [0.2, 0.25) is 0 Å². The largest absolute Gasteiger partial charge is 0.443 e.